The van der Waals surface area contributed by atoms with Gasteiger partial charge in [0.15, 0.2) is 17.5 Å². The summed E-state index contributed by atoms with van der Waals surface area (Å²) in [4.78, 5) is 3.59. The summed E-state index contributed by atoms with van der Waals surface area (Å²) in [5, 5.41) is 2.09. The fraction of sp³-hybridized carbons (Fsp3) is 0.192. The van der Waals surface area contributed by atoms with Crippen LogP contribution in [0, 0.1) is 29.3 Å². The Hall–Kier alpha value is -3.19. The first-order valence-electron chi connectivity index (χ1n) is 10.00. The third-order valence-electron chi connectivity index (χ3n) is 4.87. The van der Waals surface area contributed by atoms with Crippen molar-refractivity contribution >= 4 is 23.1 Å². The van der Waals surface area contributed by atoms with Crippen LogP contribution in [0.15, 0.2) is 59.6 Å². The van der Waals surface area contributed by atoms with Crippen LogP contribution in [0.1, 0.15) is 42.9 Å². The molecule has 0 aliphatic rings. The maximum absolute atomic E-state index is 14.7. The van der Waals surface area contributed by atoms with E-state index in [9.17, 15) is 13.2 Å². The molecule has 156 valence electrons. The zero-order chi connectivity index (χ0) is 22.2. The summed E-state index contributed by atoms with van der Waals surface area (Å²) >= 11 is 4.45. The van der Waals surface area contributed by atoms with E-state index in [1.54, 1.807) is 12.1 Å². The number of halogens is 3. The summed E-state index contributed by atoms with van der Waals surface area (Å²) in [6.45, 7) is 2.15. The van der Waals surface area contributed by atoms with E-state index in [4.69, 9.17) is 0 Å². The number of isothiocyanates is 1. The summed E-state index contributed by atoms with van der Waals surface area (Å²) in [5.74, 6) is 2.61. The second-order valence-electron chi connectivity index (χ2n) is 7.06. The van der Waals surface area contributed by atoms with Crippen LogP contribution in [0.3, 0.4) is 0 Å². The van der Waals surface area contributed by atoms with Gasteiger partial charge in [0.05, 0.1) is 10.7 Å². The largest absolute Gasteiger partial charge is 0.205 e. The van der Waals surface area contributed by atoms with E-state index < -0.39 is 17.5 Å². The van der Waals surface area contributed by atoms with Crippen molar-refractivity contribution in [2.45, 2.75) is 32.6 Å². The normalized spacial score (nSPS) is 10.2. The Morgan fingerprint density at radius 2 is 1.65 bits per heavy atom. The summed E-state index contributed by atoms with van der Waals surface area (Å²) in [6.07, 6.45) is 4.40. The number of thiocarbonyl (C=S) groups is 1. The Kier molecular flexibility index (Phi) is 7.78. The van der Waals surface area contributed by atoms with Gasteiger partial charge in [0.25, 0.3) is 0 Å². The highest BCUT2D eigenvalue weighted by Crippen LogP contribution is 2.27. The number of hydrogen-bond donors (Lipinski definition) is 0. The predicted molar refractivity (Wildman–Crippen MR) is 122 cm³/mol. The molecule has 0 heterocycles. The Bertz CT molecular complexity index is 1180. The maximum Gasteiger partial charge on any atom is 0.175 e. The minimum atomic E-state index is -1.03. The van der Waals surface area contributed by atoms with Crippen molar-refractivity contribution in [3.05, 3.63) is 88.7 Å². The highest BCUT2D eigenvalue weighted by molar-refractivity contribution is 7.78. The number of rotatable bonds is 6. The molecule has 0 atom stereocenters. The first kappa shape index (κ1) is 22.5. The number of nitrogens with zero attached hydrogens (tertiary/aromatic N) is 1. The van der Waals surface area contributed by atoms with E-state index in [1.165, 1.54) is 36.2 Å². The molecule has 3 rings (SSSR count). The molecule has 0 bridgehead atoms. The third-order valence-corrected chi connectivity index (χ3v) is 4.96. The smallest absolute Gasteiger partial charge is 0.175 e. The highest BCUT2D eigenvalue weighted by Gasteiger charge is 2.14. The van der Waals surface area contributed by atoms with Gasteiger partial charge in [0.1, 0.15) is 5.69 Å². The second-order valence-corrected chi connectivity index (χ2v) is 7.24. The van der Waals surface area contributed by atoms with Crippen molar-refractivity contribution in [1.29, 1.82) is 0 Å². The van der Waals surface area contributed by atoms with Crippen LogP contribution in [0.2, 0.25) is 0 Å². The standard InChI is InChI=1S/C26H20F3NS/c1-2-3-4-5-18-6-10-20(11-7-18)22-14-13-21(25(28)26(22)29)12-8-19-9-15-24(30-17-31)23(27)16-19/h6-7,9-11,13-16H,2-5H2,1H3. The number of aryl methyl sites for hydroxylation is 1. The fourth-order valence-electron chi connectivity index (χ4n) is 3.16. The van der Waals surface area contributed by atoms with Gasteiger partial charge in [-0.1, -0.05) is 55.9 Å². The average molecular weight is 436 g/mol. The topological polar surface area (TPSA) is 12.4 Å². The third kappa shape index (κ3) is 5.70. The quantitative estimate of drug-likeness (QED) is 0.168. The second kappa shape index (κ2) is 10.7. The maximum atomic E-state index is 14.7. The molecule has 0 amide bonds. The minimum absolute atomic E-state index is 0.0403. The van der Waals surface area contributed by atoms with Gasteiger partial charge in [-0.05, 0) is 66.5 Å². The van der Waals surface area contributed by atoms with Gasteiger partial charge in [-0.25, -0.2) is 13.2 Å². The van der Waals surface area contributed by atoms with Crippen LogP contribution in [0.25, 0.3) is 11.1 Å². The zero-order valence-electron chi connectivity index (χ0n) is 17.0. The van der Waals surface area contributed by atoms with Crippen molar-refractivity contribution in [3.8, 4) is 23.0 Å². The van der Waals surface area contributed by atoms with E-state index in [0.717, 1.165) is 25.3 Å². The molecule has 0 N–H and O–H groups in total. The molecule has 3 aromatic carbocycles. The molecule has 0 fully saturated rings. The average Bonchev–Trinajstić information content (AvgIpc) is 2.77. The van der Waals surface area contributed by atoms with Crippen molar-refractivity contribution in [3.63, 3.8) is 0 Å². The molecular weight excluding hydrogens is 415 g/mol. The Morgan fingerprint density at radius 3 is 2.32 bits per heavy atom. The lowest BCUT2D eigenvalue weighted by Crippen LogP contribution is -1.94. The van der Waals surface area contributed by atoms with E-state index >= 15 is 0 Å². The van der Waals surface area contributed by atoms with E-state index in [2.05, 4.69) is 41.1 Å². The van der Waals surface area contributed by atoms with Crippen LogP contribution in [0.5, 0.6) is 0 Å². The summed E-state index contributed by atoms with van der Waals surface area (Å²) in [6, 6.07) is 14.5. The molecular formula is C26H20F3NS. The lowest BCUT2D eigenvalue weighted by Gasteiger charge is -2.07. The molecule has 0 spiro atoms. The molecule has 5 heteroatoms. The van der Waals surface area contributed by atoms with Gasteiger partial charge in [-0.3, -0.25) is 0 Å². The fourth-order valence-corrected chi connectivity index (χ4v) is 3.26. The van der Waals surface area contributed by atoms with E-state index in [0.29, 0.717) is 11.1 Å². The minimum Gasteiger partial charge on any atom is -0.205 e. The first-order chi connectivity index (χ1) is 15.0. The Labute approximate surface area is 185 Å². The molecule has 31 heavy (non-hydrogen) atoms. The molecule has 3 aromatic rings. The molecule has 0 aromatic heterocycles. The van der Waals surface area contributed by atoms with Crippen LogP contribution in [-0.2, 0) is 6.42 Å². The first-order valence-corrected chi connectivity index (χ1v) is 10.4. The van der Waals surface area contributed by atoms with Crippen molar-refractivity contribution in [2.24, 2.45) is 4.99 Å². The van der Waals surface area contributed by atoms with Gasteiger partial charge in [-0.2, -0.15) is 4.99 Å². The predicted octanol–water partition coefficient (Wildman–Crippen LogP) is 7.64. The van der Waals surface area contributed by atoms with Crippen LogP contribution in [-0.4, -0.2) is 5.16 Å². The highest BCUT2D eigenvalue weighted by atomic mass is 32.1. The van der Waals surface area contributed by atoms with Gasteiger partial charge in [0.2, 0.25) is 0 Å². The van der Waals surface area contributed by atoms with Crippen molar-refractivity contribution < 1.29 is 13.2 Å². The number of hydrogen-bond acceptors (Lipinski definition) is 2. The van der Waals surface area contributed by atoms with E-state index in [1.807, 2.05) is 12.1 Å². The number of aliphatic imine (C=N–C) groups is 1. The molecule has 1 nitrogen and oxygen atoms in total. The molecule has 0 aliphatic carbocycles. The molecule has 0 saturated heterocycles. The number of benzene rings is 3. The Balaban J connectivity index is 1.82. The molecule has 0 unspecified atom stereocenters. The van der Waals surface area contributed by atoms with Gasteiger partial charge in [-0.15, -0.1) is 0 Å². The van der Waals surface area contributed by atoms with Gasteiger partial charge in [0, 0.05) is 11.1 Å². The lowest BCUT2D eigenvalue weighted by atomic mass is 9.99. The van der Waals surface area contributed by atoms with E-state index in [-0.39, 0.29) is 16.8 Å². The van der Waals surface area contributed by atoms with Crippen molar-refractivity contribution in [1.82, 2.24) is 0 Å². The summed E-state index contributed by atoms with van der Waals surface area (Å²) in [5.41, 5.74) is 2.21. The van der Waals surface area contributed by atoms with Gasteiger partial charge >= 0.3 is 0 Å². The molecule has 0 radical (unpaired) electrons. The SMILES string of the molecule is CCCCCc1ccc(-c2ccc(C#Cc3ccc(N=C=S)c(F)c3)c(F)c2F)cc1. The molecule has 0 aliphatic heterocycles. The molecule has 0 saturated carbocycles. The summed E-state index contributed by atoms with van der Waals surface area (Å²) < 4.78 is 43.2. The Morgan fingerprint density at radius 1 is 0.871 bits per heavy atom. The monoisotopic (exact) mass is 435 g/mol. The van der Waals surface area contributed by atoms with Crippen molar-refractivity contribution in [2.75, 3.05) is 0 Å². The van der Waals surface area contributed by atoms with Crippen LogP contribution in [0.4, 0.5) is 18.9 Å². The number of unbranched alkanes of at least 4 members (excludes halogenated alkanes) is 2. The zero-order valence-corrected chi connectivity index (χ0v) is 17.8. The van der Waals surface area contributed by atoms with Crippen LogP contribution >= 0.6 is 12.2 Å². The summed E-state index contributed by atoms with van der Waals surface area (Å²) in [7, 11) is 0. The van der Waals surface area contributed by atoms with Crippen LogP contribution < -0.4 is 0 Å². The van der Waals surface area contributed by atoms with Gasteiger partial charge < -0.3 is 0 Å². The lowest BCUT2D eigenvalue weighted by molar-refractivity contribution is 0.509.